The average Bonchev–Trinajstić information content (AvgIpc) is 3.76. The fourth-order valence-electron chi connectivity index (χ4n) is 6.62. The standard InChI is InChI=1S/C33H33Cl2N3O3/c1-2-39-31-24-17-21(3-4-22(24)8-16-37-31)7-9-32-10-13-33(14-11-32,15-12-32)40-20-25-29(38-41-30(25)23-5-6-23)28-26(34)18-36-19-27(28)35/h3-4,7-9,16-19,23H,2,5-6,10-15,20H2,1H3/b9-7+. The third-order valence-electron chi connectivity index (χ3n) is 9.28. The van der Waals surface area contributed by atoms with Crippen molar-refractivity contribution >= 4 is 40.1 Å². The predicted molar refractivity (Wildman–Crippen MR) is 161 cm³/mol. The van der Waals surface area contributed by atoms with E-state index in [1.165, 1.54) is 5.56 Å². The molecular weight excluding hydrogens is 557 g/mol. The Morgan fingerprint density at radius 1 is 1.02 bits per heavy atom. The van der Waals surface area contributed by atoms with E-state index in [9.17, 15) is 0 Å². The molecule has 4 fully saturated rings. The summed E-state index contributed by atoms with van der Waals surface area (Å²) >= 11 is 13.0. The second-order valence-corrected chi connectivity index (χ2v) is 12.6. The molecule has 0 aliphatic heterocycles. The minimum Gasteiger partial charge on any atom is -0.478 e. The molecule has 4 saturated carbocycles. The van der Waals surface area contributed by atoms with Crippen LogP contribution in [0, 0.1) is 5.41 Å². The Morgan fingerprint density at radius 3 is 2.49 bits per heavy atom. The Morgan fingerprint density at radius 2 is 1.78 bits per heavy atom. The summed E-state index contributed by atoms with van der Waals surface area (Å²) < 4.78 is 18.4. The fourth-order valence-corrected chi connectivity index (χ4v) is 7.17. The number of aromatic nitrogens is 3. The van der Waals surface area contributed by atoms with Gasteiger partial charge in [0, 0.05) is 41.0 Å². The van der Waals surface area contributed by atoms with Crippen molar-refractivity contribution in [1.29, 1.82) is 0 Å². The summed E-state index contributed by atoms with van der Waals surface area (Å²) in [7, 11) is 0. The molecule has 41 heavy (non-hydrogen) atoms. The van der Waals surface area contributed by atoms with Crippen molar-refractivity contribution in [3.05, 3.63) is 75.9 Å². The van der Waals surface area contributed by atoms with E-state index >= 15 is 0 Å². The number of rotatable bonds is 9. The van der Waals surface area contributed by atoms with Crippen molar-refractivity contribution in [3.63, 3.8) is 0 Å². The minimum absolute atomic E-state index is 0.113. The first kappa shape index (κ1) is 26.9. The van der Waals surface area contributed by atoms with E-state index in [4.69, 9.17) is 37.2 Å². The molecule has 4 aromatic rings. The Balaban J connectivity index is 1.07. The van der Waals surface area contributed by atoms with Gasteiger partial charge in [-0.15, -0.1) is 0 Å². The second-order valence-electron chi connectivity index (χ2n) is 11.8. The van der Waals surface area contributed by atoms with Gasteiger partial charge in [-0.2, -0.15) is 0 Å². The maximum Gasteiger partial charge on any atom is 0.221 e. The highest BCUT2D eigenvalue weighted by Gasteiger charge is 2.48. The zero-order valence-corrected chi connectivity index (χ0v) is 24.7. The van der Waals surface area contributed by atoms with Crippen LogP contribution < -0.4 is 4.74 Å². The fraction of sp³-hybridized carbons (Fsp3) is 0.424. The number of fused-ring (bicyclic) bond motifs is 4. The molecule has 0 radical (unpaired) electrons. The Hall–Kier alpha value is -2.93. The van der Waals surface area contributed by atoms with Crippen molar-refractivity contribution in [1.82, 2.24) is 15.1 Å². The van der Waals surface area contributed by atoms with Gasteiger partial charge in [0.25, 0.3) is 0 Å². The van der Waals surface area contributed by atoms with Gasteiger partial charge in [-0.05, 0) is 86.8 Å². The van der Waals surface area contributed by atoms with E-state index < -0.39 is 0 Å². The average molecular weight is 591 g/mol. The molecule has 0 N–H and O–H groups in total. The van der Waals surface area contributed by atoms with E-state index in [0.717, 1.165) is 73.5 Å². The first-order chi connectivity index (χ1) is 20.0. The third-order valence-corrected chi connectivity index (χ3v) is 9.85. The lowest BCUT2D eigenvalue weighted by Gasteiger charge is -2.52. The lowest BCUT2D eigenvalue weighted by molar-refractivity contribution is -0.133. The van der Waals surface area contributed by atoms with Gasteiger partial charge in [0.1, 0.15) is 11.5 Å². The molecular formula is C33H33Cl2N3O3. The molecule has 2 bridgehead atoms. The van der Waals surface area contributed by atoms with Crippen LogP contribution in [0.15, 0.2) is 53.5 Å². The minimum atomic E-state index is -0.113. The van der Waals surface area contributed by atoms with Crippen LogP contribution in [0.3, 0.4) is 0 Å². The second kappa shape index (κ2) is 10.7. The van der Waals surface area contributed by atoms with Crippen molar-refractivity contribution < 1.29 is 14.0 Å². The van der Waals surface area contributed by atoms with Gasteiger partial charge in [0.2, 0.25) is 5.88 Å². The summed E-state index contributed by atoms with van der Waals surface area (Å²) in [5, 5.41) is 7.56. The van der Waals surface area contributed by atoms with E-state index in [2.05, 4.69) is 45.5 Å². The molecule has 212 valence electrons. The highest BCUT2D eigenvalue weighted by atomic mass is 35.5. The van der Waals surface area contributed by atoms with E-state index in [0.29, 0.717) is 46.3 Å². The van der Waals surface area contributed by atoms with Crippen LogP contribution in [0.5, 0.6) is 5.88 Å². The van der Waals surface area contributed by atoms with Crippen LogP contribution in [-0.4, -0.2) is 27.3 Å². The molecule has 0 atom stereocenters. The van der Waals surface area contributed by atoms with E-state index in [-0.39, 0.29) is 11.0 Å². The van der Waals surface area contributed by atoms with E-state index in [1.807, 2.05) is 13.0 Å². The summed E-state index contributed by atoms with van der Waals surface area (Å²) in [6.45, 7) is 3.04. The monoisotopic (exact) mass is 589 g/mol. The Kier molecular flexibility index (Phi) is 7.04. The summed E-state index contributed by atoms with van der Waals surface area (Å²) in [4.78, 5) is 8.53. The summed E-state index contributed by atoms with van der Waals surface area (Å²) in [6.07, 6.45) is 18.5. The molecule has 4 aliphatic rings. The molecule has 8 rings (SSSR count). The topological polar surface area (TPSA) is 70.3 Å². The highest BCUT2D eigenvalue weighted by molar-refractivity contribution is 6.38. The maximum atomic E-state index is 6.81. The quantitative estimate of drug-likeness (QED) is 0.194. The van der Waals surface area contributed by atoms with Crippen LogP contribution in [0.1, 0.15) is 81.1 Å². The molecule has 1 aromatic carbocycles. The van der Waals surface area contributed by atoms with Crippen molar-refractivity contribution in [2.45, 2.75) is 76.4 Å². The molecule has 0 saturated heterocycles. The number of benzene rings is 1. The Bertz CT molecular complexity index is 1580. The molecule has 3 heterocycles. The zero-order valence-electron chi connectivity index (χ0n) is 23.2. The molecule has 0 spiro atoms. The van der Waals surface area contributed by atoms with Crippen molar-refractivity contribution in [3.8, 4) is 17.1 Å². The lowest BCUT2D eigenvalue weighted by atomic mass is 9.58. The normalized spacial score (nSPS) is 24.0. The molecule has 0 unspecified atom stereocenters. The number of halogens is 2. The van der Waals surface area contributed by atoms with Gasteiger partial charge in [-0.3, -0.25) is 4.98 Å². The number of pyridine rings is 2. The summed E-state index contributed by atoms with van der Waals surface area (Å²) in [6, 6.07) is 8.55. The van der Waals surface area contributed by atoms with Crippen molar-refractivity contribution in [2.75, 3.05) is 6.61 Å². The van der Waals surface area contributed by atoms with Crippen LogP contribution in [0.4, 0.5) is 0 Å². The summed E-state index contributed by atoms with van der Waals surface area (Å²) in [5.41, 5.74) is 3.62. The highest BCUT2D eigenvalue weighted by Crippen LogP contribution is 2.55. The predicted octanol–water partition coefficient (Wildman–Crippen LogP) is 9.19. The smallest absolute Gasteiger partial charge is 0.221 e. The number of hydrogen-bond donors (Lipinski definition) is 0. The number of nitrogens with zero attached hydrogens (tertiary/aromatic N) is 3. The van der Waals surface area contributed by atoms with Crippen LogP contribution >= 0.6 is 23.2 Å². The van der Waals surface area contributed by atoms with Gasteiger partial charge in [-0.1, -0.05) is 52.6 Å². The van der Waals surface area contributed by atoms with Gasteiger partial charge < -0.3 is 14.0 Å². The molecule has 0 amide bonds. The number of allylic oxidation sites excluding steroid dienone is 1. The first-order valence-electron chi connectivity index (χ1n) is 14.6. The summed E-state index contributed by atoms with van der Waals surface area (Å²) in [5.74, 6) is 2.02. The number of hydrogen-bond acceptors (Lipinski definition) is 6. The van der Waals surface area contributed by atoms with Crippen LogP contribution in [-0.2, 0) is 11.3 Å². The molecule has 6 nitrogen and oxygen atoms in total. The Labute approximate surface area is 250 Å². The molecule has 4 aliphatic carbocycles. The lowest BCUT2D eigenvalue weighted by Crippen LogP contribution is -2.46. The first-order valence-corrected chi connectivity index (χ1v) is 15.4. The van der Waals surface area contributed by atoms with Crippen LogP contribution in [0.2, 0.25) is 10.0 Å². The number of ether oxygens (including phenoxy) is 2. The zero-order chi connectivity index (χ0) is 28.0. The van der Waals surface area contributed by atoms with Gasteiger partial charge >= 0.3 is 0 Å². The van der Waals surface area contributed by atoms with Crippen LogP contribution in [0.25, 0.3) is 28.1 Å². The molecule has 8 heteroatoms. The SMILES string of the molecule is CCOc1nccc2ccc(/C=C/C34CCC(OCc5c(-c6c(Cl)cncc6Cl)noc5C5CC5)(CC3)CC4)cc12. The third kappa shape index (κ3) is 5.15. The van der Waals surface area contributed by atoms with Gasteiger partial charge in [0.15, 0.2) is 0 Å². The maximum absolute atomic E-state index is 6.81. The van der Waals surface area contributed by atoms with Gasteiger partial charge in [-0.25, -0.2) is 4.98 Å². The molecule has 3 aromatic heterocycles. The van der Waals surface area contributed by atoms with Gasteiger partial charge in [0.05, 0.1) is 28.9 Å². The largest absolute Gasteiger partial charge is 0.478 e. The van der Waals surface area contributed by atoms with E-state index in [1.54, 1.807) is 18.6 Å². The van der Waals surface area contributed by atoms with Crippen molar-refractivity contribution in [2.24, 2.45) is 5.41 Å².